The summed E-state index contributed by atoms with van der Waals surface area (Å²) in [7, 11) is 0. The van der Waals surface area contributed by atoms with E-state index in [1.165, 1.54) is 0 Å². The summed E-state index contributed by atoms with van der Waals surface area (Å²) in [4.78, 5) is 14.0. The van der Waals surface area contributed by atoms with E-state index in [9.17, 15) is 4.79 Å². The van der Waals surface area contributed by atoms with E-state index in [2.05, 4.69) is 24.1 Å². The quantitative estimate of drug-likeness (QED) is 0.772. The minimum Gasteiger partial charge on any atom is -0.368 e. The van der Waals surface area contributed by atoms with E-state index in [0.717, 1.165) is 37.3 Å². The largest absolute Gasteiger partial charge is 0.368 e. The van der Waals surface area contributed by atoms with Gasteiger partial charge in [-0.15, -0.1) is 0 Å². The summed E-state index contributed by atoms with van der Waals surface area (Å²) in [6.45, 7) is 9.79. The van der Waals surface area contributed by atoms with Crippen LogP contribution in [0.2, 0.25) is 5.02 Å². The van der Waals surface area contributed by atoms with Gasteiger partial charge in [0.2, 0.25) is 5.91 Å². The highest BCUT2D eigenvalue weighted by Gasteiger charge is 2.19. The molecule has 0 fully saturated rings. The SMILES string of the molecule is CCN(CC)CCNC(C(N)=O)c1ccc(Cl)cc1C. The molecule has 4 nitrogen and oxygen atoms in total. The summed E-state index contributed by atoms with van der Waals surface area (Å²) >= 11 is 5.94. The lowest BCUT2D eigenvalue weighted by atomic mass is 10.0. The van der Waals surface area contributed by atoms with Gasteiger partial charge in [0.15, 0.2) is 0 Å². The first-order valence-corrected chi connectivity index (χ1v) is 7.38. The van der Waals surface area contributed by atoms with Crippen molar-refractivity contribution in [3.05, 3.63) is 34.3 Å². The number of hydrogen-bond donors (Lipinski definition) is 2. The second kappa shape index (κ2) is 8.25. The number of carbonyl (C=O) groups excluding carboxylic acids is 1. The molecule has 0 aliphatic heterocycles. The van der Waals surface area contributed by atoms with Gasteiger partial charge in [0.05, 0.1) is 0 Å². The van der Waals surface area contributed by atoms with Crippen molar-refractivity contribution >= 4 is 17.5 Å². The van der Waals surface area contributed by atoms with Gasteiger partial charge in [-0.3, -0.25) is 4.79 Å². The van der Waals surface area contributed by atoms with Crippen molar-refractivity contribution in [3.8, 4) is 0 Å². The lowest BCUT2D eigenvalue weighted by Gasteiger charge is -2.22. The molecule has 20 heavy (non-hydrogen) atoms. The van der Waals surface area contributed by atoms with Crippen LogP contribution < -0.4 is 11.1 Å². The zero-order valence-corrected chi connectivity index (χ0v) is 13.2. The van der Waals surface area contributed by atoms with Crippen LogP contribution in [0, 0.1) is 6.92 Å². The minimum atomic E-state index is -0.470. The number of primary amides is 1. The predicted octanol–water partition coefficient (Wildman–Crippen LogP) is 2.11. The Balaban J connectivity index is 2.72. The highest BCUT2D eigenvalue weighted by Crippen LogP contribution is 2.21. The van der Waals surface area contributed by atoms with Gasteiger partial charge in [0.1, 0.15) is 6.04 Å². The number of amides is 1. The predicted molar refractivity (Wildman–Crippen MR) is 83.9 cm³/mol. The Morgan fingerprint density at radius 3 is 2.55 bits per heavy atom. The normalized spacial score (nSPS) is 12.7. The van der Waals surface area contributed by atoms with Crippen LogP contribution in [0.15, 0.2) is 18.2 Å². The molecule has 1 amide bonds. The summed E-state index contributed by atoms with van der Waals surface area (Å²) in [6.07, 6.45) is 0. The van der Waals surface area contributed by atoms with E-state index in [1.807, 2.05) is 19.1 Å². The van der Waals surface area contributed by atoms with Gasteiger partial charge < -0.3 is 16.0 Å². The maximum atomic E-state index is 11.7. The molecule has 3 N–H and O–H groups in total. The number of benzene rings is 1. The second-order valence-electron chi connectivity index (χ2n) is 4.82. The Morgan fingerprint density at radius 2 is 2.05 bits per heavy atom. The molecule has 5 heteroatoms. The third-order valence-corrected chi connectivity index (χ3v) is 3.73. The molecular weight excluding hydrogens is 274 g/mol. The summed E-state index contributed by atoms with van der Waals surface area (Å²) < 4.78 is 0. The van der Waals surface area contributed by atoms with E-state index in [-0.39, 0.29) is 5.91 Å². The van der Waals surface area contributed by atoms with Crippen molar-refractivity contribution in [2.45, 2.75) is 26.8 Å². The number of rotatable bonds is 8. The number of nitrogens with zero attached hydrogens (tertiary/aromatic N) is 1. The average molecular weight is 298 g/mol. The van der Waals surface area contributed by atoms with Gasteiger partial charge in [0, 0.05) is 18.1 Å². The van der Waals surface area contributed by atoms with Crippen molar-refractivity contribution in [3.63, 3.8) is 0 Å². The molecule has 0 saturated carbocycles. The highest BCUT2D eigenvalue weighted by molar-refractivity contribution is 6.30. The van der Waals surface area contributed by atoms with Crippen LogP contribution >= 0.6 is 11.6 Å². The van der Waals surface area contributed by atoms with Crippen molar-refractivity contribution in [2.24, 2.45) is 5.73 Å². The first-order valence-electron chi connectivity index (χ1n) is 7.00. The smallest absolute Gasteiger partial charge is 0.239 e. The average Bonchev–Trinajstić information content (AvgIpc) is 2.40. The molecule has 112 valence electrons. The zero-order chi connectivity index (χ0) is 15.1. The number of likely N-dealkylation sites (N-methyl/N-ethyl adjacent to an activating group) is 1. The Kier molecular flexibility index (Phi) is 6.99. The molecule has 1 aromatic rings. The van der Waals surface area contributed by atoms with Crippen LogP contribution in [0.5, 0.6) is 0 Å². The number of carbonyl (C=O) groups is 1. The van der Waals surface area contributed by atoms with E-state index < -0.39 is 6.04 Å². The number of nitrogens with one attached hydrogen (secondary N) is 1. The molecule has 1 unspecified atom stereocenters. The summed E-state index contributed by atoms with van der Waals surface area (Å²) in [5.41, 5.74) is 7.37. The van der Waals surface area contributed by atoms with Crippen LogP contribution in [-0.4, -0.2) is 37.0 Å². The Morgan fingerprint density at radius 1 is 1.40 bits per heavy atom. The third kappa shape index (κ3) is 4.78. The van der Waals surface area contributed by atoms with Crippen molar-refractivity contribution < 1.29 is 4.79 Å². The summed E-state index contributed by atoms with van der Waals surface area (Å²) in [6, 6.07) is 5.02. The topological polar surface area (TPSA) is 58.4 Å². The van der Waals surface area contributed by atoms with Gasteiger partial charge >= 0.3 is 0 Å². The number of halogens is 1. The Labute approximate surface area is 126 Å². The fourth-order valence-electron chi connectivity index (χ4n) is 2.23. The van der Waals surface area contributed by atoms with E-state index in [1.54, 1.807) is 6.07 Å². The van der Waals surface area contributed by atoms with E-state index >= 15 is 0 Å². The van der Waals surface area contributed by atoms with Crippen molar-refractivity contribution in [1.29, 1.82) is 0 Å². The first-order chi connectivity index (χ1) is 9.49. The van der Waals surface area contributed by atoms with Gasteiger partial charge in [-0.2, -0.15) is 0 Å². The number of hydrogen-bond acceptors (Lipinski definition) is 3. The molecule has 1 atom stereocenters. The van der Waals surface area contributed by atoms with Gasteiger partial charge in [-0.25, -0.2) is 0 Å². The number of nitrogens with two attached hydrogens (primary N) is 1. The molecule has 0 bridgehead atoms. The summed E-state index contributed by atoms with van der Waals surface area (Å²) in [5.74, 6) is -0.366. The molecule has 0 spiro atoms. The minimum absolute atomic E-state index is 0.366. The molecule has 0 aliphatic rings. The molecule has 1 rings (SSSR count). The van der Waals surface area contributed by atoms with Crippen LogP contribution in [0.3, 0.4) is 0 Å². The van der Waals surface area contributed by atoms with E-state index in [4.69, 9.17) is 17.3 Å². The lowest BCUT2D eigenvalue weighted by Crippen LogP contribution is -2.39. The van der Waals surface area contributed by atoms with Crippen molar-refractivity contribution in [2.75, 3.05) is 26.2 Å². The third-order valence-electron chi connectivity index (χ3n) is 3.50. The molecule has 0 aliphatic carbocycles. The second-order valence-corrected chi connectivity index (χ2v) is 5.25. The number of aryl methyl sites for hydroxylation is 1. The maximum Gasteiger partial charge on any atom is 0.239 e. The zero-order valence-electron chi connectivity index (χ0n) is 12.4. The standard InChI is InChI=1S/C15H24ClN3O/c1-4-19(5-2)9-8-18-14(15(17)20)13-7-6-12(16)10-11(13)3/h6-7,10,14,18H,4-5,8-9H2,1-3H3,(H2,17,20). The maximum absolute atomic E-state index is 11.7. The monoisotopic (exact) mass is 297 g/mol. The molecule has 0 aromatic heterocycles. The Hall–Kier alpha value is -1.10. The molecule has 1 aromatic carbocycles. The van der Waals surface area contributed by atoms with Gasteiger partial charge in [-0.05, 0) is 43.3 Å². The molecule has 0 heterocycles. The molecule has 0 saturated heterocycles. The summed E-state index contributed by atoms with van der Waals surface area (Å²) in [5, 5.41) is 3.90. The fourth-order valence-corrected chi connectivity index (χ4v) is 2.46. The van der Waals surface area contributed by atoms with Crippen LogP contribution in [0.1, 0.15) is 31.0 Å². The van der Waals surface area contributed by atoms with Gasteiger partial charge in [-0.1, -0.05) is 31.5 Å². The van der Waals surface area contributed by atoms with E-state index in [0.29, 0.717) is 5.02 Å². The molecular formula is C15H24ClN3O. The van der Waals surface area contributed by atoms with Crippen molar-refractivity contribution in [1.82, 2.24) is 10.2 Å². The van der Waals surface area contributed by atoms with Crippen LogP contribution in [0.4, 0.5) is 0 Å². The highest BCUT2D eigenvalue weighted by atomic mass is 35.5. The first kappa shape index (κ1) is 17.0. The van der Waals surface area contributed by atoms with Crippen LogP contribution in [0.25, 0.3) is 0 Å². The van der Waals surface area contributed by atoms with Gasteiger partial charge in [0.25, 0.3) is 0 Å². The Bertz CT molecular complexity index is 447. The fraction of sp³-hybridized carbons (Fsp3) is 0.533. The molecule has 0 radical (unpaired) electrons. The van der Waals surface area contributed by atoms with Crippen LogP contribution in [-0.2, 0) is 4.79 Å². The lowest BCUT2D eigenvalue weighted by molar-refractivity contribution is -0.120.